The van der Waals surface area contributed by atoms with Crippen LogP contribution in [0.5, 0.6) is 0 Å². The molecule has 2 aromatic carbocycles. The number of nitrogens with one attached hydrogen (secondary N) is 1. The molecule has 0 radical (unpaired) electrons. The van der Waals surface area contributed by atoms with Gasteiger partial charge in [-0.25, -0.2) is 9.37 Å². The van der Waals surface area contributed by atoms with E-state index in [-0.39, 0.29) is 42.3 Å². The van der Waals surface area contributed by atoms with Crippen LogP contribution >= 0.6 is 0 Å². The minimum atomic E-state index is -4.43. The van der Waals surface area contributed by atoms with Crippen molar-refractivity contribution in [2.75, 3.05) is 35.7 Å². The van der Waals surface area contributed by atoms with Crippen molar-refractivity contribution >= 4 is 17.5 Å². The number of carbonyl (C=O) groups is 1. The van der Waals surface area contributed by atoms with Crippen molar-refractivity contribution in [3.8, 4) is 0 Å². The molecule has 0 spiro atoms. The zero-order valence-electron chi connectivity index (χ0n) is 21.3. The van der Waals surface area contributed by atoms with E-state index in [1.807, 2.05) is 5.01 Å². The second kappa shape index (κ2) is 10.2. The highest BCUT2D eigenvalue weighted by Gasteiger charge is 2.32. The monoisotopic (exact) mass is 544 g/mol. The first-order valence-electron chi connectivity index (χ1n) is 12.7. The lowest BCUT2D eigenvalue weighted by atomic mass is 10.0. The highest BCUT2D eigenvalue weighted by molar-refractivity contribution is 5.95. The second-order valence-electron chi connectivity index (χ2n) is 9.84. The van der Waals surface area contributed by atoms with E-state index in [2.05, 4.69) is 5.32 Å². The Balaban J connectivity index is 1.45. The number of nitrogen functional groups attached to an aromatic ring is 1. The Kier molecular flexibility index (Phi) is 6.96. The van der Waals surface area contributed by atoms with Gasteiger partial charge in [0, 0.05) is 31.7 Å². The van der Waals surface area contributed by atoms with Crippen molar-refractivity contribution < 1.29 is 22.4 Å². The van der Waals surface area contributed by atoms with Crippen molar-refractivity contribution in [2.24, 2.45) is 0 Å². The fourth-order valence-electron chi connectivity index (χ4n) is 5.01. The summed E-state index contributed by atoms with van der Waals surface area (Å²) in [6.07, 6.45) is -2.37. The molecule has 3 heterocycles. The van der Waals surface area contributed by atoms with E-state index >= 15 is 0 Å². The maximum absolute atomic E-state index is 14.4. The third kappa shape index (κ3) is 5.27. The van der Waals surface area contributed by atoms with Crippen LogP contribution in [0, 0.1) is 5.82 Å². The average Bonchev–Trinajstić information content (AvgIpc) is 3.42. The summed E-state index contributed by atoms with van der Waals surface area (Å²) in [6, 6.07) is 8.27. The molecule has 1 saturated heterocycles. The summed E-state index contributed by atoms with van der Waals surface area (Å²) in [5.74, 6) is -0.976. The van der Waals surface area contributed by atoms with Crippen molar-refractivity contribution in [1.82, 2.24) is 14.6 Å². The van der Waals surface area contributed by atoms with Crippen LogP contribution in [-0.4, -0.2) is 40.1 Å². The van der Waals surface area contributed by atoms with Crippen LogP contribution in [0.25, 0.3) is 0 Å². The molecule has 5 rings (SSSR count). The van der Waals surface area contributed by atoms with Crippen molar-refractivity contribution in [1.29, 1.82) is 0 Å². The molecule has 0 unspecified atom stereocenters. The number of rotatable bonds is 5. The number of aromatic nitrogens is 2. The van der Waals surface area contributed by atoms with Gasteiger partial charge < -0.3 is 21.0 Å². The summed E-state index contributed by atoms with van der Waals surface area (Å²) in [4.78, 5) is 33.0. The first-order valence-corrected chi connectivity index (χ1v) is 12.7. The lowest BCUT2D eigenvalue weighted by Gasteiger charge is -2.32. The molecular formula is C27H28F4N6O2. The highest BCUT2D eigenvalue weighted by Crippen LogP contribution is 2.30. The predicted octanol–water partition coefficient (Wildman–Crippen LogP) is 4.09. The SMILES string of the molecule is C[C@H](Nc1nc2c(c(=O)n1N1CCCC1)CN(C(=O)c1ccc(N)cc1F)CC2)c1ccc(C(F)(F)F)cc1. The Bertz CT molecular complexity index is 1450. The summed E-state index contributed by atoms with van der Waals surface area (Å²) in [5.41, 5.74) is 6.09. The third-order valence-corrected chi connectivity index (χ3v) is 7.17. The van der Waals surface area contributed by atoms with E-state index in [4.69, 9.17) is 10.7 Å². The molecule has 12 heteroatoms. The van der Waals surface area contributed by atoms with E-state index < -0.39 is 29.5 Å². The standard InChI is InChI=1S/C27H28F4N6O2/c1-16(17-4-6-18(7-5-17)27(29,30)31)33-26-34-23-10-13-35(24(38)20-9-8-19(32)14-22(20)28)15-21(23)25(39)37(26)36-11-2-3-12-36/h4-9,14,16H,2-3,10-13,15,32H2,1H3,(H,33,34)/t16-/m0/s1. The van der Waals surface area contributed by atoms with Gasteiger partial charge in [0.2, 0.25) is 5.95 Å². The fraction of sp³-hybridized carbons (Fsp3) is 0.370. The predicted molar refractivity (Wildman–Crippen MR) is 138 cm³/mol. The van der Waals surface area contributed by atoms with Crippen LogP contribution in [0.3, 0.4) is 0 Å². The number of carbonyl (C=O) groups excluding carboxylic acids is 1. The van der Waals surface area contributed by atoms with E-state index in [0.29, 0.717) is 29.9 Å². The summed E-state index contributed by atoms with van der Waals surface area (Å²) in [7, 11) is 0. The minimum Gasteiger partial charge on any atom is -0.399 e. The van der Waals surface area contributed by atoms with Crippen LogP contribution in [0.4, 0.5) is 29.2 Å². The van der Waals surface area contributed by atoms with Gasteiger partial charge in [-0.3, -0.25) is 9.59 Å². The van der Waals surface area contributed by atoms with Gasteiger partial charge >= 0.3 is 6.18 Å². The number of anilines is 2. The molecule has 1 amide bonds. The number of nitrogens with two attached hydrogens (primary N) is 1. The molecule has 1 aromatic heterocycles. The van der Waals surface area contributed by atoms with E-state index in [9.17, 15) is 27.2 Å². The number of hydrogen-bond acceptors (Lipinski definition) is 6. The zero-order chi connectivity index (χ0) is 27.9. The van der Waals surface area contributed by atoms with E-state index in [1.54, 1.807) is 6.92 Å². The molecule has 1 fully saturated rings. The van der Waals surface area contributed by atoms with Gasteiger partial charge in [0.1, 0.15) is 5.82 Å². The maximum Gasteiger partial charge on any atom is 0.416 e. The lowest BCUT2D eigenvalue weighted by Crippen LogP contribution is -2.47. The van der Waals surface area contributed by atoms with Crippen LogP contribution in [0.1, 0.15) is 58.5 Å². The maximum atomic E-state index is 14.4. The van der Waals surface area contributed by atoms with Gasteiger partial charge in [-0.15, -0.1) is 0 Å². The molecule has 2 aliphatic rings. The minimum absolute atomic E-state index is 0.0214. The van der Waals surface area contributed by atoms with Crippen LogP contribution < -0.4 is 21.6 Å². The molecular weight excluding hydrogens is 516 g/mol. The summed E-state index contributed by atoms with van der Waals surface area (Å²) >= 11 is 0. The van der Waals surface area contributed by atoms with Crippen molar-refractivity contribution in [3.63, 3.8) is 0 Å². The first kappa shape index (κ1) is 26.5. The normalized spacial score (nSPS) is 16.2. The van der Waals surface area contributed by atoms with E-state index in [0.717, 1.165) is 31.0 Å². The number of benzene rings is 2. The van der Waals surface area contributed by atoms with Gasteiger partial charge in [-0.1, -0.05) is 12.1 Å². The Labute approximate surface area is 222 Å². The Morgan fingerprint density at radius 1 is 1.08 bits per heavy atom. The number of fused-ring (bicyclic) bond motifs is 1. The topological polar surface area (TPSA) is 96.5 Å². The lowest BCUT2D eigenvalue weighted by molar-refractivity contribution is -0.137. The number of nitrogens with zero attached hydrogens (tertiary/aromatic N) is 4. The van der Waals surface area contributed by atoms with Gasteiger partial charge in [-0.05, 0) is 55.7 Å². The van der Waals surface area contributed by atoms with Crippen molar-refractivity contribution in [2.45, 2.75) is 44.9 Å². The number of alkyl halides is 3. The largest absolute Gasteiger partial charge is 0.416 e. The van der Waals surface area contributed by atoms with Crippen LogP contribution in [0.2, 0.25) is 0 Å². The Morgan fingerprint density at radius 2 is 1.77 bits per heavy atom. The molecule has 206 valence electrons. The second-order valence-corrected chi connectivity index (χ2v) is 9.84. The molecule has 1 atom stereocenters. The summed E-state index contributed by atoms with van der Waals surface area (Å²) in [6.45, 7) is 3.26. The molecule has 3 aromatic rings. The molecule has 39 heavy (non-hydrogen) atoms. The first-order chi connectivity index (χ1) is 18.5. The van der Waals surface area contributed by atoms with Gasteiger partial charge in [-0.2, -0.15) is 17.8 Å². The summed E-state index contributed by atoms with van der Waals surface area (Å²) < 4.78 is 54.9. The smallest absolute Gasteiger partial charge is 0.399 e. The molecule has 0 saturated carbocycles. The Morgan fingerprint density at radius 3 is 2.41 bits per heavy atom. The molecule has 3 N–H and O–H groups in total. The van der Waals surface area contributed by atoms with Crippen molar-refractivity contribution in [3.05, 3.63) is 86.6 Å². The van der Waals surface area contributed by atoms with Gasteiger partial charge in [0.05, 0.1) is 35.0 Å². The quantitative estimate of drug-likeness (QED) is 0.371. The van der Waals surface area contributed by atoms with Crippen LogP contribution in [-0.2, 0) is 19.1 Å². The number of amides is 1. The number of hydrogen-bond donors (Lipinski definition) is 2. The van der Waals surface area contributed by atoms with E-state index in [1.165, 1.54) is 33.8 Å². The molecule has 8 nitrogen and oxygen atoms in total. The number of halogens is 4. The Hall–Kier alpha value is -4.09. The highest BCUT2D eigenvalue weighted by atomic mass is 19.4. The zero-order valence-corrected chi connectivity index (χ0v) is 21.3. The third-order valence-electron chi connectivity index (χ3n) is 7.17. The summed E-state index contributed by atoms with van der Waals surface area (Å²) in [5, 5.41) is 5.09. The van der Waals surface area contributed by atoms with Crippen LogP contribution in [0.15, 0.2) is 47.3 Å². The molecule has 0 aliphatic carbocycles. The average molecular weight is 545 g/mol. The molecule has 0 bridgehead atoms. The van der Waals surface area contributed by atoms with Gasteiger partial charge in [0.15, 0.2) is 0 Å². The fourth-order valence-corrected chi connectivity index (χ4v) is 5.01. The van der Waals surface area contributed by atoms with Gasteiger partial charge in [0.25, 0.3) is 11.5 Å². The molecule has 2 aliphatic heterocycles.